The average Bonchev–Trinajstić information content (AvgIpc) is 3.42. The third-order valence-corrected chi connectivity index (χ3v) is 8.39. The topological polar surface area (TPSA) is 86.7 Å². The molecule has 8 nitrogen and oxygen atoms in total. The van der Waals surface area contributed by atoms with Gasteiger partial charge >= 0.3 is 0 Å². The third-order valence-electron chi connectivity index (χ3n) is 8.39. The second-order valence-electron chi connectivity index (χ2n) is 10.3. The summed E-state index contributed by atoms with van der Waals surface area (Å²) in [5.74, 6) is 0.360. The fourth-order valence-electron chi connectivity index (χ4n) is 6.61. The summed E-state index contributed by atoms with van der Waals surface area (Å²) in [7, 11) is 0. The summed E-state index contributed by atoms with van der Waals surface area (Å²) in [4.78, 5) is 53.8. The fourth-order valence-corrected chi connectivity index (χ4v) is 6.61. The molecule has 4 atom stereocenters. The monoisotopic (exact) mass is 423 g/mol. The van der Waals surface area contributed by atoms with Crippen LogP contribution in [0.1, 0.15) is 55.4 Å². The van der Waals surface area contributed by atoms with Gasteiger partial charge in [-0.05, 0) is 55.9 Å². The van der Waals surface area contributed by atoms with E-state index in [9.17, 15) is 14.4 Å². The zero-order valence-electron chi connectivity index (χ0n) is 17.8. The van der Waals surface area contributed by atoms with E-state index in [1.54, 1.807) is 12.3 Å². The van der Waals surface area contributed by atoms with Crippen LogP contribution in [0, 0.1) is 17.3 Å². The lowest BCUT2D eigenvalue weighted by Crippen LogP contribution is -2.68. The summed E-state index contributed by atoms with van der Waals surface area (Å²) >= 11 is 0. The van der Waals surface area contributed by atoms with Crippen molar-refractivity contribution in [1.82, 2.24) is 24.7 Å². The lowest BCUT2D eigenvalue weighted by atomic mass is 9.71. The minimum absolute atomic E-state index is 0.00825. The molecule has 2 bridgehead atoms. The van der Waals surface area contributed by atoms with Crippen LogP contribution in [0.25, 0.3) is 0 Å². The van der Waals surface area contributed by atoms with E-state index in [-0.39, 0.29) is 35.6 Å². The molecular weight excluding hydrogens is 394 g/mol. The molecule has 0 N–H and O–H groups in total. The highest BCUT2D eigenvalue weighted by molar-refractivity contribution is 5.93. The van der Waals surface area contributed by atoms with Gasteiger partial charge in [-0.3, -0.25) is 14.4 Å². The molecule has 0 unspecified atom stereocenters. The average molecular weight is 424 g/mol. The lowest BCUT2D eigenvalue weighted by molar-refractivity contribution is -0.163. The van der Waals surface area contributed by atoms with Gasteiger partial charge < -0.3 is 14.7 Å². The highest BCUT2D eigenvalue weighted by atomic mass is 16.2. The molecule has 0 aromatic carbocycles. The number of carbonyl (C=O) groups excluding carboxylic acids is 3. The molecule has 4 saturated heterocycles. The van der Waals surface area contributed by atoms with Crippen molar-refractivity contribution < 1.29 is 14.4 Å². The van der Waals surface area contributed by atoms with Crippen LogP contribution in [-0.4, -0.2) is 80.7 Å². The molecule has 1 saturated carbocycles. The quantitative estimate of drug-likeness (QED) is 0.716. The molecule has 8 heteroatoms. The van der Waals surface area contributed by atoms with E-state index >= 15 is 0 Å². The number of fused-ring (bicyclic) bond motifs is 4. The molecule has 31 heavy (non-hydrogen) atoms. The minimum atomic E-state index is -0.427. The number of nitrogens with zero attached hydrogens (tertiary/aromatic N) is 5. The summed E-state index contributed by atoms with van der Waals surface area (Å²) in [5, 5.41) is 0. The van der Waals surface area contributed by atoms with Gasteiger partial charge in [-0.1, -0.05) is 0 Å². The molecule has 3 amide bonds. The number of hydrogen-bond acceptors (Lipinski definition) is 5. The third kappa shape index (κ3) is 3.13. The zero-order valence-corrected chi connectivity index (χ0v) is 17.8. The van der Waals surface area contributed by atoms with Crippen molar-refractivity contribution in [3.8, 4) is 0 Å². The Balaban J connectivity index is 1.30. The molecule has 5 aliphatic rings. The van der Waals surface area contributed by atoms with Crippen LogP contribution in [0.4, 0.5) is 0 Å². The van der Waals surface area contributed by atoms with Gasteiger partial charge in [0, 0.05) is 50.8 Å². The summed E-state index contributed by atoms with van der Waals surface area (Å²) < 4.78 is 0. The summed E-state index contributed by atoms with van der Waals surface area (Å²) in [5.41, 5.74) is 0.754. The standard InChI is InChI=1S/C23H29N5O3/c29-19-3-1-2-18-15-10-16(12-27(11-15)21(30)17-4-8-24-14-25-17)20(28(18)19)22(31)26-9-7-23(13-26)5-6-23/h4,8,14-16,18,20H,1-3,5-7,9-13H2/t15-,16+,18+,20-/m1/s1. The van der Waals surface area contributed by atoms with E-state index < -0.39 is 6.04 Å². The Morgan fingerprint density at radius 1 is 1.10 bits per heavy atom. The Bertz CT molecular complexity index is 917. The second kappa shape index (κ2) is 7.00. The largest absolute Gasteiger partial charge is 0.340 e. The van der Waals surface area contributed by atoms with Crippen molar-refractivity contribution in [2.24, 2.45) is 17.3 Å². The van der Waals surface area contributed by atoms with E-state index in [4.69, 9.17) is 0 Å². The summed E-state index contributed by atoms with van der Waals surface area (Å²) in [6.07, 6.45) is 9.76. The van der Waals surface area contributed by atoms with Crippen LogP contribution in [0.15, 0.2) is 18.6 Å². The molecule has 1 spiro atoms. The first-order valence-electron chi connectivity index (χ1n) is 11.7. The number of piperidine rings is 3. The van der Waals surface area contributed by atoms with Crippen LogP contribution in [-0.2, 0) is 9.59 Å². The Kier molecular flexibility index (Phi) is 4.34. The number of likely N-dealkylation sites (tertiary alicyclic amines) is 2. The smallest absolute Gasteiger partial charge is 0.272 e. The van der Waals surface area contributed by atoms with E-state index in [2.05, 4.69) is 9.97 Å². The van der Waals surface area contributed by atoms with Crippen LogP contribution in [0.5, 0.6) is 0 Å². The van der Waals surface area contributed by atoms with Crippen LogP contribution >= 0.6 is 0 Å². The zero-order chi connectivity index (χ0) is 21.2. The Morgan fingerprint density at radius 2 is 1.94 bits per heavy atom. The van der Waals surface area contributed by atoms with Crippen molar-refractivity contribution in [3.63, 3.8) is 0 Å². The van der Waals surface area contributed by atoms with Crippen molar-refractivity contribution in [2.45, 2.75) is 57.0 Å². The molecule has 164 valence electrons. The molecule has 4 aliphatic heterocycles. The highest BCUT2D eigenvalue weighted by Crippen LogP contribution is 2.53. The Hall–Kier alpha value is -2.51. The van der Waals surface area contributed by atoms with E-state index in [0.717, 1.165) is 38.8 Å². The number of carbonyl (C=O) groups is 3. The maximum Gasteiger partial charge on any atom is 0.272 e. The minimum Gasteiger partial charge on any atom is -0.340 e. The van der Waals surface area contributed by atoms with Gasteiger partial charge in [0.25, 0.3) is 5.91 Å². The molecule has 6 rings (SSSR count). The van der Waals surface area contributed by atoms with E-state index in [0.29, 0.717) is 30.6 Å². The molecule has 5 heterocycles. The second-order valence-corrected chi connectivity index (χ2v) is 10.3. The molecule has 1 aromatic heterocycles. The predicted molar refractivity (Wildman–Crippen MR) is 111 cm³/mol. The van der Waals surface area contributed by atoms with E-state index in [1.807, 2.05) is 14.7 Å². The van der Waals surface area contributed by atoms with Gasteiger partial charge in [0.05, 0.1) is 0 Å². The van der Waals surface area contributed by atoms with Gasteiger partial charge in [-0.25, -0.2) is 9.97 Å². The van der Waals surface area contributed by atoms with Crippen LogP contribution in [0.3, 0.4) is 0 Å². The van der Waals surface area contributed by atoms with Crippen LogP contribution < -0.4 is 0 Å². The van der Waals surface area contributed by atoms with Crippen molar-refractivity contribution >= 4 is 17.7 Å². The maximum absolute atomic E-state index is 13.8. The van der Waals surface area contributed by atoms with Gasteiger partial charge in [0.2, 0.25) is 11.8 Å². The van der Waals surface area contributed by atoms with Crippen LogP contribution in [0.2, 0.25) is 0 Å². The van der Waals surface area contributed by atoms with Gasteiger partial charge in [-0.2, -0.15) is 0 Å². The number of hydrogen-bond donors (Lipinski definition) is 0. The van der Waals surface area contributed by atoms with Crippen molar-refractivity contribution in [3.05, 3.63) is 24.3 Å². The van der Waals surface area contributed by atoms with Gasteiger partial charge in [-0.15, -0.1) is 0 Å². The summed E-state index contributed by atoms with van der Waals surface area (Å²) in [6.45, 7) is 2.78. The lowest BCUT2D eigenvalue weighted by Gasteiger charge is -2.56. The summed E-state index contributed by atoms with van der Waals surface area (Å²) in [6, 6.07) is 1.28. The fraction of sp³-hybridized carbons (Fsp3) is 0.696. The number of amides is 3. The molecular formula is C23H29N5O3. The SMILES string of the molecule is O=C(c1ccncn1)N1C[C@H]2C[C@@H](C1)[C@H](C(=O)N1CCC3(CC3)C1)N1C(=O)CCC[C@@H]21. The van der Waals surface area contributed by atoms with Crippen molar-refractivity contribution in [1.29, 1.82) is 0 Å². The number of aromatic nitrogens is 2. The first-order valence-corrected chi connectivity index (χ1v) is 11.7. The van der Waals surface area contributed by atoms with Gasteiger partial charge in [0.1, 0.15) is 18.1 Å². The Morgan fingerprint density at radius 3 is 2.68 bits per heavy atom. The first kappa shape index (κ1) is 19.2. The highest BCUT2D eigenvalue weighted by Gasteiger charge is 2.56. The normalized spacial score (nSPS) is 33.4. The van der Waals surface area contributed by atoms with Crippen molar-refractivity contribution in [2.75, 3.05) is 26.2 Å². The molecule has 1 aliphatic carbocycles. The molecule has 0 radical (unpaired) electrons. The maximum atomic E-state index is 13.8. The molecule has 1 aromatic rings. The van der Waals surface area contributed by atoms with E-state index in [1.165, 1.54) is 19.2 Å². The predicted octanol–water partition coefficient (Wildman–Crippen LogP) is 1.33. The first-order chi connectivity index (χ1) is 15.0. The number of rotatable bonds is 2. The Labute approximate surface area is 182 Å². The van der Waals surface area contributed by atoms with Gasteiger partial charge in [0.15, 0.2) is 0 Å². The molecule has 5 fully saturated rings.